The Morgan fingerprint density at radius 2 is 2.41 bits per heavy atom. The number of aromatic nitrogens is 2. The Kier molecular flexibility index (Phi) is 3.47. The largest absolute Gasteiger partial charge is 0.350 e. The zero-order valence-electron chi connectivity index (χ0n) is 10.3. The summed E-state index contributed by atoms with van der Waals surface area (Å²) in [4.78, 5) is 11.8. The minimum absolute atomic E-state index is 0.0799. The minimum atomic E-state index is 0.0799. The fourth-order valence-corrected chi connectivity index (χ4v) is 2.30. The molecule has 1 saturated carbocycles. The fraction of sp³-hybridized carbons (Fsp3) is 0.667. The van der Waals surface area contributed by atoms with Crippen molar-refractivity contribution in [2.75, 3.05) is 6.54 Å². The molecule has 0 saturated heterocycles. The number of nitrogens with zero attached hydrogens (tertiary/aromatic N) is 2. The molecule has 1 heterocycles. The maximum atomic E-state index is 11.8. The van der Waals surface area contributed by atoms with Crippen molar-refractivity contribution in [1.29, 1.82) is 0 Å². The van der Waals surface area contributed by atoms with Gasteiger partial charge >= 0.3 is 0 Å². The van der Waals surface area contributed by atoms with Crippen LogP contribution in [0.1, 0.15) is 31.4 Å². The van der Waals surface area contributed by atoms with Gasteiger partial charge in [0, 0.05) is 19.7 Å². The molecule has 0 spiro atoms. The third-order valence-corrected chi connectivity index (χ3v) is 3.77. The Balaban J connectivity index is 1.80. The van der Waals surface area contributed by atoms with Gasteiger partial charge in [0.05, 0.1) is 12.2 Å². The maximum absolute atomic E-state index is 11.8. The van der Waals surface area contributed by atoms with E-state index in [4.69, 9.17) is 5.73 Å². The zero-order valence-corrected chi connectivity index (χ0v) is 10.3. The van der Waals surface area contributed by atoms with E-state index in [1.165, 1.54) is 6.42 Å². The van der Waals surface area contributed by atoms with Crippen molar-refractivity contribution in [3.8, 4) is 0 Å². The van der Waals surface area contributed by atoms with Crippen LogP contribution in [0.4, 0.5) is 0 Å². The molecule has 1 aliphatic carbocycles. The molecule has 1 fully saturated rings. The standard InChI is InChI=1S/C12H20N4O/c1-16-10(3-6-15-16)8-14-11(17)7-12(9-13)4-2-5-12/h3,6H,2,4-5,7-9,13H2,1H3,(H,14,17). The number of nitrogens with one attached hydrogen (secondary N) is 1. The summed E-state index contributed by atoms with van der Waals surface area (Å²) in [6.07, 6.45) is 5.66. The van der Waals surface area contributed by atoms with E-state index in [1.54, 1.807) is 10.9 Å². The second-order valence-corrected chi connectivity index (χ2v) is 4.96. The molecule has 1 aliphatic rings. The Bertz CT molecular complexity index is 389. The number of nitrogens with two attached hydrogens (primary N) is 1. The van der Waals surface area contributed by atoms with Crippen LogP contribution in [0.15, 0.2) is 12.3 Å². The summed E-state index contributed by atoms with van der Waals surface area (Å²) in [6, 6.07) is 1.91. The molecular formula is C12H20N4O. The van der Waals surface area contributed by atoms with Crippen molar-refractivity contribution in [1.82, 2.24) is 15.1 Å². The molecule has 94 valence electrons. The van der Waals surface area contributed by atoms with Gasteiger partial charge in [0.15, 0.2) is 0 Å². The molecule has 5 heteroatoms. The highest BCUT2D eigenvalue weighted by Crippen LogP contribution is 2.42. The second kappa shape index (κ2) is 4.87. The average Bonchev–Trinajstić information content (AvgIpc) is 2.67. The van der Waals surface area contributed by atoms with Crippen LogP contribution in [-0.2, 0) is 18.4 Å². The summed E-state index contributed by atoms with van der Waals surface area (Å²) in [5.41, 5.74) is 6.83. The first kappa shape index (κ1) is 12.1. The van der Waals surface area contributed by atoms with Crippen LogP contribution >= 0.6 is 0 Å². The third kappa shape index (κ3) is 2.66. The van der Waals surface area contributed by atoms with Crippen LogP contribution in [-0.4, -0.2) is 22.2 Å². The molecule has 0 aromatic carbocycles. The number of carbonyl (C=O) groups is 1. The molecule has 1 amide bonds. The molecule has 0 bridgehead atoms. The molecule has 3 N–H and O–H groups in total. The van der Waals surface area contributed by atoms with Crippen LogP contribution in [0.3, 0.4) is 0 Å². The number of carbonyl (C=O) groups excluding carboxylic acids is 1. The van der Waals surface area contributed by atoms with E-state index in [1.807, 2.05) is 13.1 Å². The number of hydrogen-bond donors (Lipinski definition) is 2. The molecule has 1 aromatic heterocycles. The Hall–Kier alpha value is -1.36. The van der Waals surface area contributed by atoms with E-state index in [0.717, 1.165) is 18.5 Å². The number of hydrogen-bond acceptors (Lipinski definition) is 3. The molecule has 0 atom stereocenters. The molecule has 0 unspecified atom stereocenters. The fourth-order valence-electron chi connectivity index (χ4n) is 2.30. The highest BCUT2D eigenvalue weighted by Gasteiger charge is 2.37. The summed E-state index contributed by atoms with van der Waals surface area (Å²) < 4.78 is 1.77. The van der Waals surface area contributed by atoms with Crippen molar-refractivity contribution < 1.29 is 4.79 Å². The van der Waals surface area contributed by atoms with Gasteiger partial charge in [-0.3, -0.25) is 9.48 Å². The molecule has 5 nitrogen and oxygen atoms in total. The molecule has 0 radical (unpaired) electrons. The normalized spacial score (nSPS) is 17.5. The average molecular weight is 236 g/mol. The predicted octanol–water partition coefficient (Wildman–Crippen LogP) is 0.555. The topological polar surface area (TPSA) is 72.9 Å². The lowest BCUT2D eigenvalue weighted by Gasteiger charge is -2.40. The van der Waals surface area contributed by atoms with Gasteiger partial charge in [-0.1, -0.05) is 6.42 Å². The summed E-state index contributed by atoms with van der Waals surface area (Å²) in [7, 11) is 1.87. The highest BCUT2D eigenvalue weighted by atomic mass is 16.1. The van der Waals surface area contributed by atoms with Gasteiger partial charge in [0.2, 0.25) is 5.91 Å². The number of aryl methyl sites for hydroxylation is 1. The first-order valence-electron chi connectivity index (χ1n) is 6.09. The molecule has 1 aromatic rings. The van der Waals surface area contributed by atoms with E-state index >= 15 is 0 Å². The Morgan fingerprint density at radius 3 is 2.88 bits per heavy atom. The SMILES string of the molecule is Cn1nccc1CNC(=O)CC1(CN)CCC1. The predicted molar refractivity (Wildman–Crippen MR) is 65.0 cm³/mol. The smallest absolute Gasteiger partial charge is 0.220 e. The van der Waals surface area contributed by atoms with Crippen molar-refractivity contribution in [2.24, 2.45) is 18.2 Å². The van der Waals surface area contributed by atoms with E-state index in [0.29, 0.717) is 19.5 Å². The maximum Gasteiger partial charge on any atom is 0.220 e. The number of rotatable bonds is 5. The molecular weight excluding hydrogens is 216 g/mol. The van der Waals surface area contributed by atoms with Crippen LogP contribution in [0, 0.1) is 5.41 Å². The second-order valence-electron chi connectivity index (χ2n) is 4.96. The van der Waals surface area contributed by atoms with Crippen molar-refractivity contribution in [3.63, 3.8) is 0 Å². The summed E-state index contributed by atoms with van der Waals surface area (Å²) in [5, 5.41) is 6.99. The summed E-state index contributed by atoms with van der Waals surface area (Å²) in [5.74, 6) is 0.0938. The van der Waals surface area contributed by atoms with Crippen LogP contribution in [0.25, 0.3) is 0 Å². The first-order valence-corrected chi connectivity index (χ1v) is 6.09. The highest BCUT2D eigenvalue weighted by molar-refractivity contribution is 5.76. The molecule has 17 heavy (non-hydrogen) atoms. The molecule has 2 rings (SSSR count). The van der Waals surface area contributed by atoms with E-state index in [-0.39, 0.29) is 11.3 Å². The van der Waals surface area contributed by atoms with Gasteiger partial charge in [-0.05, 0) is 30.9 Å². The van der Waals surface area contributed by atoms with E-state index < -0.39 is 0 Å². The monoisotopic (exact) mass is 236 g/mol. The first-order chi connectivity index (χ1) is 8.15. The quantitative estimate of drug-likeness (QED) is 0.784. The van der Waals surface area contributed by atoms with Crippen LogP contribution < -0.4 is 11.1 Å². The Labute approximate surface area is 101 Å². The number of amides is 1. The van der Waals surface area contributed by atoms with Crippen LogP contribution in [0.5, 0.6) is 0 Å². The van der Waals surface area contributed by atoms with Gasteiger partial charge in [-0.2, -0.15) is 5.10 Å². The lowest BCUT2D eigenvalue weighted by atomic mass is 9.66. The lowest BCUT2D eigenvalue weighted by molar-refractivity contribution is -0.124. The Morgan fingerprint density at radius 1 is 1.65 bits per heavy atom. The van der Waals surface area contributed by atoms with Gasteiger partial charge in [0.25, 0.3) is 0 Å². The van der Waals surface area contributed by atoms with Crippen molar-refractivity contribution in [3.05, 3.63) is 18.0 Å². The lowest BCUT2D eigenvalue weighted by Crippen LogP contribution is -2.41. The zero-order chi connectivity index (χ0) is 12.3. The molecule has 0 aliphatic heterocycles. The van der Waals surface area contributed by atoms with Crippen LogP contribution in [0.2, 0.25) is 0 Å². The minimum Gasteiger partial charge on any atom is -0.350 e. The van der Waals surface area contributed by atoms with Gasteiger partial charge in [-0.15, -0.1) is 0 Å². The summed E-state index contributed by atoms with van der Waals surface area (Å²) in [6.45, 7) is 1.15. The van der Waals surface area contributed by atoms with Gasteiger partial charge in [0.1, 0.15) is 0 Å². The third-order valence-electron chi connectivity index (χ3n) is 3.77. The van der Waals surface area contributed by atoms with E-state index in [2.05, 4.69) is 10.4 Å². The van der Waals surface area contributed by atoms with Crippen molar-refractivity contribution >= 4 is 5.91 Å². The van der Waals surface area contributed by atoms with E-state index in [9.17, 15) is 4.79 Å². The van der Waals surface area contributed by atoms with Crippen molar-refractivity contribution in [2.45, 2.75) is 32.2 Å². The summed E-state index contributed by atoms with van der Waals surface area (Å²) >= 11 is 0. The van der Waals surface area contributed by atoms with Gasteiger partial charge in [-0.25, -0.2) is 0 Å². The van der Waals surface area contributed by atoms with Gasteiger partial charge < -0.3 is 11.1 Å².